The van der Waals surface area contributed by atoms with Crippen molar-refractivity contribution >= 4 is 0 Å². The minimum absolute atomic E-state index is 0.140. The molecular weight excluding hydrogens is 240 g/mol. The Morgan fingerprint density at radius 2 is 2.42 bits per heavy atom. The van der Waals surface area contributed by atoms with Crippen molar-refractivity contribution in [3.05, 3.63) is 18.0 Å². The first-order chi connectivity index (χ1) is 9.19. The van der Waals surface area contributed by atoms with E-state index in [-0.39, 0.29) is 6.61 Å². The molecule has 1 unspecified atom stereocenters. The van der Waals surface area contributed by atoms with Crippen LogP contribution in [0.1, 0.15) is 32.3 Å². The number of nitrogens with zero attached hydrogens (tertiary/aromatic N) is 3. The lowest BCUT2D eigenvalue weighted by Gasteiger charge is -2.28. The third-order valence-corrected chi connectivity index (χ3v) is 3.75. The summed E-state index contributed by atoms with van der Waals surface area (Å²) in [4.78, 5) is 2.49. The number of nitrogens with one attached hydrogen (secondary N) is 1. The van der Waals surface area contributed by atoms with Crippen LogP contribution in [0.15, 0.2) is 12.4 Å². The number of aliphatic hydroxyl groups is 1. The molecule has 2 rings (SSSR count). The predicted molar refractivity (Wildman–Crippen MR) is 75.9 cm³/mol. The van der Waals surface area contributed by atoms with Gasteiger partial charge in [0.05, 0.1) is 19.3 Å². The summed E-state index contributed by atoms with van der Waals surface area (Å²) < 4.78 is 1.81. The van der Waals surface area contributed by atoms with Gasteiger partial charge >= 0.3 is 0 Å². The van der Waals surface area contributed by atoms with Gasteiger partial charge in [-0.2, -0.15) is 5.10 Å². The zero-order chi connectivity index (χ0) is 13.7. The zero-order valence-corrected chi connectivity index (χ0v) is 12.0. The van der Waals surface area contributed by atoms with Gasteiger partial charge in [0.2, 0.25) is 0 Å². The van der Waals surface area contributed by atoms with Crippen molar-refractivity contribution in [2.45, 2.75) is 51.9 Å². The summed E-state index contributed by atoms with van der Waals surface area (Å²) in [7, 11) is 0. The van der Waals surface area contributed by atoms with Crippen molar-refractivity contribution in [2.75, 3.05) is 19.7 Å². The van der Waals surface area contributed by atoms with Gasteiger partial charge in [-0.1, -0.05) is 0 Å². The molecule has 1 atom stereocenters. The first-order valence-corrected chi connectivity index (χ1v) is 7.28. The second kappa shape index (κ2) is 7.03. The van der Waals surface area contributed by atoms with Crippen LogP contribution in [0.5, 0.6) is 0 Å². The molecule has 1 aliphatic heterocycles. The molecule has 2 heterocycles. The molecule has 0 aromatic carbocycles. The molecule has 0 spiro atoms. The SMILES string of the molecule is CC(C)N(Cc1cnn(CCO)c1)CC1CCCN1. The summed E-state index contributed by atoms with van der Waals surface area (Å²) in [6.07, 6.45) is 6.53. The molecule has 1 saturated heterocycles. The van der Waals surface area contributed by atoms with Crippen molar-refractivity contribution in [3.8, 4) is 0 Å². The Labute approximate surface area is 115 Å². The van der Waals surface area contributed by atoms with E-state index in [0.29, 0.717) is 18.6 Å². The second-order valence-corrected chi connectivity index (χ2v) is 5.65. The van der Waals surface area contributed by atoms with Crippen molar-refractivity contribution in [3.63, 3.8) is 0 Å². The summed E-state index contributed by atoms with van der Waals surface area (Å²) in [6.45, 7) is 8.39. The maximum Gasteiger partial charge on any atom is 0.0640 e. The van der Waals surface area contributed by atoms with Crippen LogP contribution in [0.2, 0.25) is 0 Å². The lowest BCUT2D eigenvalue weighted by atomic mass is 10.1. The number of hydrogen-bond acceptors (Lipinski definition) is 4. The number of hydrogen-bond donors (Lipinski definition) is 2. The highest BCUT2D eigenvalue weighted by Crippen LogP contribution is 2.12. The molecular formula is C14H26N4O. The molecule has 1 aliphatic rings. The predicted octanol–water partition coefficient (Wildman–Crippen LogP) is 0.838. The van der Waals surface area contributed by atoms with E-state index in [0.717, 1.165) is 19.6 Å². The largest absolute Gasteiger partial charge is 0.394 e. The van der Waals surface area contributed by atoms with E-state index >= 15 is 0 Å². The Hall–Kier alpha value is -0.910. The van der Waals surface area contributed by atoms with Crippen LogP contribution in [0, 0.1) is 0 Å². The van der Waals surface area contributed by atoms with Gasteiger partial charge in [0.15, 0.2) is 0 Å². The maximum absolute atomic E-state index is 8.91. The highest BCUT2D eigenvalue weighted by atomic mass is 16.3. The molecule has 0 aliphatic carbocycles. The molecule has 2 N–H and O–H groups in total. The van der Waals surface area contributed by atoms with E-state index in [2.05, 4.69) is 29.2 Å². The van der Waals surface area contributed by atoms with E-state index in [4.69, 9.17) is 5.11 Å². The van der Waals surface area contributed by atoms with Gasteiger partial charge < -0.3 is 10.4 Å². The number of rotatable bonds is 7. The third-order valence-electron chi connectivity index (χ3n) is 3.75. The second-order valence-electron chi connectivity index (χ2n) is 5.65. The van der Waals surface area contributed by atoms with E-state index in [9.17, 15) is 0 Å². The molecule has 108 valence electrons. The minimum atomic E-state index is 0.140. The Balaban J connectivity index is 1.90. The fraction of sp³-hybridized carbons (Fsp3) is 0.786. The fourth-order valence-electron chi connectivity index (χ4n) is 2.60. The first-order valence-electron chi connectivity index (χ1n) is 7.28. The summed E-state index contributed by atoms with van der Waals surface area (Å²) in [5, 5.41) is 16.7. The van der Waals surface area contributed by atoms with E-state index < -0.39 is 0 Å². The van der Waals surface area contributed by atoms with E-state index in [1.54, 1.807) is 0 Å². The Bertz CT molecular complexity index is 371. The normalized spacial score (nSPS) is 19.7. The van der Waals surface area contributed by atoms with Gasteiger partial charge in [-0.25, -0.2) is 0 Å². The third kappa shape index (κ3) is 4.30. The number of aromatic nitrogens is 2. The molecule has 0 amide bonds. The fourth-order valence-corrected chi connectivity index (χ4v) is 2.60. The smallest absolute Gasteiger partial charge is 0.0640 e. The van der Waals surface area contributed by atoms with Crippen LogP contribution in [-0.4, -0.2) is 51.6 Å². The lowest BCUT2D eigenvalue weighted by molar-refractivity contribution is 0.194. The van der Waals surface area contributed by atoms with Gasteiger partial charge in [-0.15, -0.1) is 0 Å². The Morgan fingerprint density at radius 3 is 3.05 bits per heavy atom. The highest BCUT2D eigenvalue weighted by molar-refractivity contribution is 5.04. The zero-order valence-electron chi connectivity index (χ0n) is 12.0. The van der Waals surface area contributed by atoms with Crippen LogP contribution in [-0.2, 0) is 13.1 Å². The standard InChI is InChI=1S/C14H26N4O/c1-12(2)17(11-14-4-3-5-15-14)9-13-8-16-18(10-13)6-7-19/h8,10,12,14-15,19H,3-7,9,11H2,1-2H3. The highest BCUT2D eigenvalue weighted by Gasteiger charge is 2.20. The average Bonchev–Trinajstić information content (AvgIpc) is 3.01. The molecule has 5 nitrogen and oxygen atoms in total. The Kier molecular flexibility index (Phi) is 5.36. The van der Waals surface area contributed by atoms with Crippen LogP contribution in [0.25, 0.3) is 0 Å². The van der Waals surface area contributed by atoms with Gasteiger partial charge in [0.1, 0.15) is 0 Å². The molecule has 0 bridgehead atoms. The van der Waals surface area contributed by atoms with Crippen molar-refractivity contribution < 1.29 is 5.11 Å². The van der Waals surface area contributed by atoms with Gasteiger partial charge in [-0.3, -0.25) is 9.58 Å². The first kappa shape index (κ1) is 14.5. The lowest BCUT2D eigenvalue weighted by Crippen LogP contribution is -2.40. The summed E-state index contributed by atoms with van der Waals surface area (Å²) in [5.41, 5.74) is 1.22. The molecule has 1 fully saturated rings. The molecule has 19 heavy (non-hydrogen) atoms. The molecule has 1 aromatic heterocycles. The van der Waals surface area contributed by atoms with Gasteiger partial charge in [0.25, 0.3) is 0 Å². The topological polar surface area (TPSA) is 53.3 Å². The summed E-state index contributed by atoms with van der Waals surface area (Å²) in [5.74, 6) is 0. The van der Waals surface area contributed by atoms with Crippen LogP contribution < -0.4 is 5.32 Å². The van der Waals surface area contributed by atoms with Crippen LogP contribution >= 0.6 is 0 Å². The van der Waals surface area contributed by atoms with Crippen molar-refractivity contribution in [2.24, 2.45) is 0 Å². The van der Waals surface area contributed by atoms with E-state index in [1.807, 2.05) is 17.1 Å². The quantitative estimate of drug-likeness (QED) is 0.768. The molecule has 0 saturated carbocycles. The molecule has 5 heteroatoms. The van der Waals surface area contributed by atoms with Gasteiger partial charge in [0, 0.05) is 36.9 Å². The van der Waals surface area contributed by atoms with Crippen LogP contribution in [0.4, 0.5) is 0 Å². The van der Waals surface area contributed by atoms with Gasteiger partial charge in [-0.05, 0) is 33.2 Å². The molecule has 1 aromatic rings. The summed E-state index contributed by atoms with van der Waals surface area (Å²) in [6, 6.07) is 1.17. The minimum Gasteiger partial charge on any atom is -0.394 e. The Morgan fingerprint density at radius 1 is 1.58 bits per heavy atom. The summed E-state index contributed by atoms with van der Waals surface area (Å²) >= 11 is 0. The van der Waals surface area contributed by atoms with Crippen molar-refractivity contribution in [1.82, 2.24) is 20.0 Å². The molecule has 0 radical (unpaired) electrons. The maximum atomic E-state index is 8.91. The monoisotopic (exact) mass is 266 g/mol. The van der Waals surface area contributed by atoms with Crippen molar-refractivity contribution in [1.29, 1.82) is 0 Å². The van der Waals surface area contributed by atoms with E-state index in [1.165, 1.54) is 18.4 Å². The number of aliphatic hydroxyl groups excluding tert-OH is 1. The van der Waals surface area contributed by atoms with Crippen LogP contribution in [0.3, 0.4) is 0 Å². The average molecular weight is 266 g/mol.